The summed E-state index contributed by atoms with van der Waals surface area (Å²) in [7, 11) is -0.716. The van der Waals surface area contributed by atoms with Crippen molar-refractivity contribution in [3.63, 3.8) is 0 Å². The quantitative estimate of drug-likeness (QED) is 0.144. The first kappa shape index (κ1) is 35.1. The lowest BCUT2D eigenvalue weighted by Gasteiger charge is -2.39. The van der Waals surface area contributed by atoms with Gasteiger partial charge in [-0.3, -0.25) is 24.1 Å². The van der Waals surface area contributed by atoms with E-state index in [0.717, 1.165) is 18.8 Å². The molecule has 3 heterocycles. The number of ether oxygens (including phenoxy) is 2. The number of hydrogen-bond donors (Lipinski definition) is 1. The van der Waals surface area contributed by atoms with E-state index in [1.165, 1.54) is 30.0 Å². The molecule has 50 heavy (non-hydrogen) atoms. The van der Waals surface area contributed by atoms with Crippen molar-refractivity contribution in [2.24, 2.45) is 0 Å². The number of carbonyl (C=O) groups is 2. The Balaban J connectivity index is 1.23. The second-order valence-corrected chi connectivity index (χ2v) is 14.3. The number of methoxy groups -OCH3 is 2. The first-order chi connectivity index (χ1) is 24.2. The molecule has 2 aliphatic rings. The highest BCUT2D eigenvalue weighted by molar-refractivity contribution is 7.89. The summed E-state index contributed by atoms with van der Waals surface area (Å²) in [6.45, 7) is 7.80. The predicted molar refractivity (Wildman–Crippen MR) is 190 cm³/mol. The van der Waals surface area contributed by atoms with E-state index in [2.05, 4.69) is 50.8 Å². The van der Waals surface area contributed by atoms with Gasteiger partial charge in [0.15, 0.2) is 11.5 Å². The SMILES string of the molecule is CCn1cc(S(=O)(=O)NCCC[C@H](c2ccc(OC)c(OC)c2)N2C(=O)c3cccc(N4CCN([C@H](C)c5ccccc5)CC4)c3C2=O)cn1. The molecule has 1 N–H and O–H groups in total. The molecule has 6 rings (SSSR count). The number of rotatable bonds is 14. The topological polar surface area (TPSA) is 126 Å². The minimum Gasteiger partial charge on any atom is -0.493 e. The van der Waals surface area contributed by atoms with Gasteiger partial charge in [-0.05, 0) is 62.1 Å². The molecule has 0 spiro atoms. The van der Waals surface area contributed by atoms with Gasteiger partial charge in [0.05, 0.1) is 43.3 Å². The van der Waals surface area contributed by atoms with Gasteiger partial charge < -0.3 is 14.4 Å². The van der Waals surface area contributed by atoms with Crippen LogP contribution < -0.4 is 19.1 Å². The van der Waals surface area contributed by atoms with Gasteiger partial charge >= 0.3 is 0 Å². The molecule has 264 valence electrons. The molecule has 1 fully saturated rings. The maximum absolute atomic E-state index is 14.4. The number of aryl methyl sites for hydroxylation is 1. The van der Waals surface area contributed by atoms with Gasteiger partial charge in [0.2, 0.25) is 10.0 Å². The Kier molecular flexibility index (Phi) is 10.6. The maximum atomic E-state index is 14.4. The van der Waals surface area contributed by atoms with Crippen molar-refractivity contribution in [3.8, 4) is 11.5 Å². The third-order valence-electron chi connectivity index (χ3n) is 9.70. The highest BCUT2D eigenvalue weighted by atomic mass is 32.2. The van der Waals surface area contributed by atoms with Crippen LogP contribution in [0, 0.1) is 0 Å². The average Bonchev–Trinajstić information content (AvgIpc) is 3.75. The van der Waals surface area contributed by atoms with Crippen LogP contribution in [0.3, 0.4) is 0 Å². The molecule has 0 unspecified atom stereocenters. The van der Waals surface area contributed by atoms with E-state index in [1.807, 2.05) is 31.2 Å². The van der Waals surface area contributed by atoms with Crippen LogP contribution in [0.4, 0.5) is 5.69 Å². The normalized spacial score (nSPS) is 16.4. The number of nitrogens with zero attached hydrogens (tertiary/aromatic N) is 5. The number of amides is 2. The number of anilines is 1. The van der Waals surface area contributed by atoms with Crippen molar-refractivity contribution in [3.05, 3.63) is 101 Å². The van der Waals surface area contributed by atoms with Crippen molar-refractivity contribution in [1.29, 1.82) is 0 Å². The molecular weight excluding hydrogens is 657 g/mol. The number of aromatic nitrogens is 2. The second kappa shape index (κ2) is 15.0. The van der Waals surface area contributed by atoms with Gasteiger partial charge in [0, 0.05) is 51.5 Å². The van der Waals surface area contributed by atoms with Gasteiger partial charge in [-0.25, -0.2) is 13.1 Å². The fourth-order valence-electron chi connectivity index (χ4n) is 6.87. The first-order valence-electron chi connectivity index (χ1n) is 17.0. The molecule has 1 saturated heterocycles. The predicted octanol–water partition coefficient (Wildman–Crippen LogP) is 4.90. The molecule has 0 bridgehead atoms. The van der Waals surface area contributed by atoms with Crippen LogP contribution in [0.1, 0.15) is 70.6 Å². The van der Waals surface area contributed by atoms with Crippen LogP contribution in [-0.2, 0) is 16.6 Å². The Hall–Kier alpha value is -4.72. The van der Waals surface area contributed by atoms with E-state index >= 15 is 0 Å². The molecular formula is C37H44N6O6S. The lowest BCUT2D eigenvalue weighted by molar-refractivity contribution is 0.0572. The first-order valence-corrected chi connectivity index (χ1v) is 18.4. The molecule has 4 aromatic rings. The Morgan fingerprint density at radius 1 is 0.880 bits per heavy atom. The minimum absolute atomic E-state index is 0.0824. The zero-order valence-electron chi connectivity index (χ0n) is 28.9. The van der Waals surface area contributed by atoms with Crippen molar-refractivity contribution in [2.75, 3.05) is 51.8 Å². The molecule has 12 nitrogen and oxygen atoms in total. The summed E-state index contributed by atoms with van der Waals surface area (Å²) < 4.78 is 41.1. The Morgan fingerprint density at radius 2 is 1.62 bits per heavy atom. The minimum atomic E-state index is -3.79. The number of fused-ring (bicyclic) bond motifs is 1. The van der Waals surface area contributed by atoms with Crippen LogP contribution in [0.15, 0.2) is 84.0 Å². The zero-order chi connectivity index (χ0) is 35.4. The summed E-state index contributed by atoms with van der Waals surface area (Å²) in [5, 5.41) is 4.07. The summed E-state index contributed by atoms with van der Waals surface area (Å²) in [5.41, 5.74) is 3.46. The van der Waals surface area contributed by atoms with Gasteiger partial charge in [-0.15, -0.1) is 0 Å². The summed E-state index contributed by atoms with van der Waals surface area (Å²) in [6, 6.07) is 20.8. The Morgan fingerprint density at radius 3 is 2.30 bits per heavy atom. The number of benzene rings is 3. The molecule has 13 heteroatoms. The third kappa shape index (κ3) is 6.98. The number of nitrogens with one attached hydrogen (secondary N) is 1. The lowest BCUT2D eigenvalue weighted by atomic mass is 9.99. The maximum Gasteiger partial charge on any atom is 0.264 e. The number of imide groups is 1. The van der Waals surface area contributed by atoms with Crippen LogP contribution in [0.25, 0.3) is 0 Å². The average molecular weight is 701 g/mol. The number of carbonyl (C=O) groups excluding carboxylic acids is 2. The monoisotopic (exact) mass is 700 g/mol. The molecule has 2 atom stereocenters. The van der Waals surface area contributed by atoms with E-state index in [9.17, 15) is 18.0 Å². The van der Waals surface area contributed by atoms with Crippen LogP contribution in [0.5, 0.6) is 11.5 Å². The summed E-state index contributed by atoms with van der Waals surface area (Å²) in [5.74, 6) is 0.229. The van der Waals surface area contributed by atoms with Gasteiger partial charge in [0.1, 0.15) is 4.90 Å². The van der Waals surface area contributed by atoms with Crippen molar-refractivity contribution in [2.45, 2.75) is 50.2 Å². The molecule has 0 aliphatic carbocycles. The summed E-state index contributed by atoms with van der Waals surface area (Å²) >= 11 is 0. The number of sulfonamides is 1. The van der Waals surface area contributed by atoms with Gasteiger partial charge in [-0.2, -0.15) is 5.10 Å². The van der Waals surface area contributed by atoms with E-state index in [-0.39, 0.29) is 29.3 Å². The third-order valence-corrected chi connectivity index (χ3v) is 11.1. The molecule has 2 amide bonds. The molecule has 2 aliphatic heterocycles. The number of piperazine rings is 1. The highest BCUT2D eigenvalue weighted by Crippen LogP contribution is 2.40. The van der Waals surface area contributed by atoms with E-state index in [4.69, 9.17) is 9.47 Å². The van der Waals surface area contributed by atoms with Crippen molar-refractivity contribution >= 4 is 27.5 Å². The molecule has 0 saturated carbocycles. The highest BCUT2D eigenvalue weighted by Gasteiger charge is 2.43. The van der Waals surface area contributed by atoms with Gasteiger partial charge in [0.25, 0.3) is 11.8 Å². The second-order valence-electron chi connectivity index (χ2n) is 12.5. The van der Waals surface area contributed by atoms with Crippen LogP contribution in [0.2, 0.25) is 0 Å². The van der Waals surface area contributed by atoms with Crippen LogP contribution in [-0.4, -0.2) is 86.8 Å². The van der Waals surface area contributed by atoms with Crippen molar-refractivity contribution in [1.82, 2.24) is 24.3 Å². The Labute approximate surface area is 293 Å². The van der Waals surface area contributed by atoms with Crippen LogP contribution >= 0.6 is 0 Å². The standard InChI is InChI=1S/C37H44N6O6S/c1-5-42-25-29(24-38-42)50(46,47)39-18-10-15-31(28-16-17-33(48-3)34(23-28)49-4)43-36(44)30-13-9-14-32(35(30)37(43)45)41-21-19-40(20-22-41)26(2)27-11-7-6-8-12-27/h6-9,11-14,16-17,23-26,31,39H,5,10,15,18-22H2,1-4H3/t26-,31-/m1/s1. The lowest BCUT2D eigenvalue weighted by Crippen LogP contribution is -2.47. The summed E-state index contributed by atoms with van der Waals surface area (Å²) in [4.78, 5) is 34.6. The smallest absolute Gasteiger partial charge is 0.264 e. The number of hydrogen-bond acceptors (Lipinski definition) is 9. The summed E-state index contributed by atoms with van der Waals surface area (Å²) in [6.07, 6.45) is 3.46. The molecule has 0 radical (unpaired) electrons. The molecule has 1 aromatic heterocycles. The van der Waals surface area contributed by atoms with Crippen molar-refractivity contribution < 1.29 is 27.5 Å². The fraction of sp³-hybridized carbons (Fsp3) is 0.378. The fourth-order valence-corrected chi connectivity index (χ4v) is 7.90. The molecule has 3 aromatic carbocycles. The zero-order valence-corrected chi connectivity index (χ0v) is 29.7. The largest absolute Gasteiger partial charge is 0.493 e. The van der Waals surface area contributed by atoms with E-state index < -0.39 is 16.1 Å². The van der Waals surface area contributed by atoms with Gasteiger partial charge in [-0.1, -0.05) is 42.5 Å². The Bertz CT molecular complexity index is 1940. The van der Waals surface area contributed by atoms with E-state index in [0.29, 0.717) is 60.7 Å². The van der Waals surface area contributed by atoms with E-state index in [1.54, 1.807) is 30.0 Å².